The molecule has 0 heterocycles. The summed E-state index contributed by atoms with van der Waals surface area (Å²) >= 11 is 3.30. The Balaban J connectivity index is 2.00. The number of carbonyl (C=O) groups is 1. The van der Waals surface area contributed by atoms with Gasteiger partial charge in [-0.2, -0.15) is 0 Å². The van der Waals surface area contributed by atoms with Gasteiger partial charge in [0.25, 0.3) is 5.91 Å². The molecule has 3 nitrogen and oxygen atoms in total. The maximum Gasteiger partial charge on any atom is 0.251 e. The van der Waals surface area contributed by atoms with Crippen LogP contribution in [-0.4, -0.2) is 12.5 Å². The highest BCUT2D eigenvalue weighted by Gasteiger charge is 2.21. The van der Waals surface area contributed by atoms with Gasteiger partial charge in [0.15, 0.2) is 0 Å². The largest absolute Gasteiger partial charge is 0.398 e. The maximum absolute atomic E-state index is 11.7. The molecule has 0 saturated heterocycles. The van der Waals surface area contributed by atoms with Crippen molar-refractivity contribution in [1.82, 2.24) is 5.32 Å². The van der Waals surface area contributed by atoms with Crippen LogP contribution in [0.4, 0.5) is 5.69 Å². The highest BCUT2D eigenvalue weighted by atomic mass is 79.9. The smallest absolute Gasteiger partial charge is 0.251 e. The van der Waals surface area contributed by atoms with Crippen molar-refractivity contribution in [2.24, 2.45) is 5.92 Å². The molecule has 0 unspecified atom stereocenters. The van der Waals surface area contributed by atoms with Gasteiger partial charge in [-0.25, -0.2) is 0 Å². The van der Waals surface area contributed by atoms with Crippen molar-refractivity contribution in [3.05, 3.63) is 28.2 Å². The van der Waals surface area contributed by atoms with E-state index >= 15 is 0 Å². The van der Waals surface area contributed by atoms with Crippen molar-refractivity contribution in [1.29, 1.82) is 0 Å². The van der Waals surface area contributed by atoms with Gasteiger partial charge in [-0.05, 0) is 52.9 Å². The van der Waals surface area contributed by atoms with Crippen molar-refractivity contribution in [3.63, 3.8) is 0 Å². The molecular formula is C11H13BrN2O. The predicted octanol–water partition coefficient (Wildman–Crippen LogP) is 2.17. The number of hydrogen-bond donors (Lipinski definition) is 2. The van der Waals surface area contributed by atoms with E-state index in [1.165, 1.54) is 12.8 Å². The number of nitrogen functional groups attached to an aromatic ring is 1. The van der Waals surface area contributed by atoms with Crippen LogP contribution in [-0.2, 0) is 0 Å². The Labute approximate surface area is 97.2 Å². The van der Waals surface area contributed by atoms with E-state index in [4.69, 9.17) is 5.73 Å². The number of benzene rings is 1. The van der Waals surface area contributed by atoms with E-state index in [1.54, 1.807) is 18.2 Å². The molecule has 0 spiro atoms. The number of amides is 1. The zero-order chi connectivity index (χ0) is 10.8. The summed E-state index contributed by atoms with van der Waals surface area (Å²) in [5.41, 5.74) is 6.94. The van der Waals surface area contributed by atoms with Crippen LogP contribution < -0.4 is 11.1 Å². The van der Waals surface area contributed by atoms with Gasteiger partial charge in [0.1, 0.15) is 0 Å². The Morgan fingerprint density at radius 2 is 2.27 bits per heavy atom. The molecular weight excluding hydrogens is 256 g/mol. The molecule has 0 aliphatic heterocycles. The molecule has 1 aromatic carbocycles. The molecule has 1 aliphatic rings. The van der Waals surface area contributed by atoms with Crippen LogP contribution in [0.1, 0.15) is 23.2 Å². The van der Waals surface area contributed by atoms with E-state index in [0.29, 0.717) is 17.2 Å². The van der Waals surface area contributed by atoms with Crippen LogP contribution in [0.2, 0.25) is 0 Å². The Morgan fingerprint density at radius 1 is 1.53 bits per heavy atom. The van der Waals surface area contributed by atoms with E-state index in [9.17, 15) is 4.79 Å². The Hall–Kier alpha value is -1.03. The van der Waals surface area contributed by atoms with Gasteiger partial charge in [-0.1, -0.05) is 0 Å². The molecule has 1 aliphatic carbocycles. The highest BCUT2D eigenvalue weighted by Crippen LogP contribution is 2.27. The minimum atomic E-state index is -0.0254. The first-order valence-electron chi connectivity index (χ1n) is 5.00. The number of nitrogens with two attached hydrogens (primary N) is 1. The molecule has 4 heteroatoms. The van der Waals surface area contributed by atoms with Gasteiger partial charge in [0, 0.05) is 22.3 Å². The van der Waals surface area contributed by atoms with Gasteiger partial charge in [0.2, 0.25) is 0 Å². The maximum atomic E-state index is 11.7. The third-order valence-electron chi connectivity index (χ3n) is 2.51. The number of anilines is 1. The minimum Gasteiger partial charge on any atom is -0.398 e. The van der Waals surface area contributed by atoms with Crippen LogP contribution >= 0.6 is 15.9 Å². The third-order valence-corrected chi connectivity index (χ3v) is 3.20. The Bertz CT molecular complexity index is 388. The fraction of sp³-hybridized carbons (Fsp3) is 0.364. The first-order valence-corrected chi connectivity index (χ1v) is 5.79. The molecule has 80 valence electrons. The second-order valence-electron chi connectivity index (χ2n) is 3.89. The molecule has 0 aromatic heterocycles. The monoisotopic (exact) mass is 268 g/mol. The first-order chi connectivity index (χ1) is 7.16. The van der Waals surface area contributed by atoms with Gasteiger partial charge in [-0.15, -0.1) is 0 Å². The van der Waals surface area contributed by atoms with Crippen molar-refractivity contribution < 1.29 is 4.79 Å². The van der Waals surface area contributed by atoms with Crippen LogP contribution in [0.25, 0.3) is 0 Å². The lowest BCUT2D eigenvalue weighted by molar-refractivity contribution is 0.0952. The van der Waals surface area contributed by atoms with Crippen LogP contribution in [0.3, 0.4) is 0 Å². The summed E-state index contributed by atoms with van der Waals surface area (Å²) in [4.78, 5) is 11.7. The summed E-state index contributed by atoms with van der Waals surface area (Å²) in [6, 6.07) is 5.22. The second kappa shape index (κ2) is 4.23. The summed E-state index contributed by atoms with van der Waals surface area (Å²) in [5, 5.41) is 2.91. The van der Waals surface area contributed by atoms with Crippen molar-refractivity contribution in [2.45, 2.75) is 12.8 Å². The average Bonchev–Trinajstić information content (AvgIpc) is 3.02. The fourth-order valence-electron chi connectivity index (χ4n) is 1.33. The normalized spacial score (nSPS) is 15.0. The summed E-state index contributed by atoms with van der Waals surface area (Å²) in [7, 11) is 0. The van der Waals surface area contributed by atoms with Crippen molar-refractivity contribution >= 4 is 27.5 Å². The summed E-state index contributed by atoms with van der Waals surface area (Å²) in [6.07, 6.45) is 2.48. The molecule has 1 amide bonds. The molecule has 15 heavy (non-hydrogen) atoms. The van der Waals surface area contributed by atoms with Crippen LogP contribution in [0.5, 0.6) is 0 Å². The highest BCUT2D eigenvalue weighted by molar-refractivity contribution is 9.10. The van der Waals surface area contributed by atoms with E-state index in [-0.39, 0.29) is 5.91 Å². The lowest BCUT2D eigenvalue weighted by atomic mass is 10.2. The van der Waals surface area contributed by atoms with Gasteiger partial charge in [-0.3, -0.25) is 4.79 Å². The standard InChI is InChI=1S/C11H13BrN2O/c12-9-5-8(3-4-10(9)13)11(15)14-6-7-1-2-7/h3-5,7H,1-2,6,13H2,(H,14,15). The van der Waals surface area contributed by atoms with Gasteiger partial charge >= 0.3 is 0 Å². The number of nitrogens with one attached hydrogen (secondary N) is 1. The molecule has 0 bridgehead atoms. The molecule has 2 rings (SSSR count). The van der Waals surface area contributed by atoms with Crippen LogP contribution in [0.15, 0.2) is 22.7 Å². The van der Waals surface area contributed by atoms with Gasteiger partial charge < -0.3 is 11.1 Å². The van der Waals surface area contributed by atoms with E-state index < -0.39 is 0 Å². The number of halogens is 1. The quantitative estimate of drug-likeness (QED) is 0.826. The van der Waals surface area contributed by atoms with Crippen molar-refractivity contribution in [3.8, 4) is 0 Å². The lowest BCUT2D eigenvalue weighted by Crippen LogP contribution is -2.25. The molecule has 0 radical (unpaired) electrons. The molecule has 1 aromatic rings. The topological polar surface area (TPSA) is 55.1 Å². The number of hydrogen-bond acceptors (Lipinski definition) is 2. The third kappa shape index (κ3) is 2.72. The second-order valence-corrected chi connectivity index (χ2v) is 4.74. The fourth-order valence-corrected chi connectivity index (χ4v) is 1.71. The minimum absolute atomic E-state index is 0.0254. The Morgan fingerprint density at radius 3 is 2.87 bits per heavy atom. The van der Waals surface area contributed by atoms with E-state index in [2.05, 4.69) is 21.2 Å². The predicted molar refractivity (Wildman–Crippen MR) is 63.6 cm³/mol. The zero-order valence-electron chi connectivity index (χ0n) is 8.29. The van der Waals surface area contributed by atoms with E-state index in [1.807, 2.05) is 0 Å². The molecule has 0 atom stereocenters. The van der Waals surface area contributed by atoms with Crippen molar-refractivity contribution in [2.75, 3.05) is 12.3 Å². The SMILES string of the molecule is Nc1ccc(C(=O)NCC2CC2)cc1Br. The summed E-state index contributed by atoms with van der Waals surface area (Å²) in [6.45, 7) is 0.792. The van der Waals surface area contributed by atoms with Gasteiger partial charge in [0.05, 0.1) is 0 Å². The summed E-state index contributed by atoms with van der Waals surface area (Å²) in [5.74, 6) is 0.675. The molecule has 1 fully saturated rings. The lowest BCUT2D eigenvalue weighted by Gasteiger charge is -2.05. The van der Waals surface area contributed by atoms with E-state index in [0.717, 1.165) is 11.0 Å². The molecule has 3 N–H and O–H groups in total. The Kier molecular flexibility index (Phi) is 2.95. The molecule has 1 saturated carbocycles. The zero-order valence-corrected chi connectivity index (χ0v) is 9.88. The number of rotatable bonds is 3. The van der Waals surface area contributed by atoms with Crippen LogP contribution in [0, 0.1) is 5.92 Å². The first kappa shape index (κ1) is 10.5. The average molecular weight is 269 g/mol. The number of carbonyl (C=O) groups excluding carboxylic acids is 1. The summed E-state index contributed by atoms with van der Waals surface area (Å²) < 4.78 is 0.765.